The predicted molar refractivity (Wildman–Crippen MR) is 56.1 cm³/mol. The molecule has 1 aromatic heterocycles. The number of rotatable bonds is 1. The third-order valence-electron chi connectivity index (χ3n) is 2.23. The van der Waals surface area contributed by atoms with E-state index in [2.05, 4.69) is 4.37 Å². The number of carboxylic acid groups (broad SMARTS) is 1. The van der Waals surface area contributed by atoms with Crippen LogP contribution in [0.1, 0.15) is 21.6 Å². The number of hydrogen-bond donors (Lipinski definition) is 1. The molecular formula is C10H9NO2S. The molecule has 0 spiro atoms. The number of fused-ring (bicyclic) bond motifs is 1. The van der Waals surface area contributed by atoms with Crippen LogP contribution in [0.5, 0.6) is 0 Å². The van der Waals surface area contributed by atoms with E-state index in [1.54, 1.807) is 0 Å². The van der Waals surface area contributed by atoms with Crippen LogP contribution < -0.4 is 0 Å². The predicted octanol–water partition coefficient (Wildman–Crippen LogP) is 2.61. The molecule has 1 aromatic carbocycles. The molecule has 0 amide bonds. The molecule has 1 N–H and O–H groups in total. The largest absolute Gasteiger partial charge is 0.476 e. The molecule has 2 rings (SSSR count). The lowest BCUT2D eigenvalue weighted by Crippen LogP contribution is -1.97. The lowest BCUT2D eigenvalue weighted by molar-refractivity contribution is 0.0694. The average Bonchev–Trinajstić information content (AvgIpc) is 2.56. The maximum atomic E-state index is 10.9. The SMILES string of the molecule is Cc1ccc(C)c2c(C(=O)O)nsc12. The molecule has 0 aliphatic rings. The topological polar surface area (TPSA) is 50.2 Å². The van der Waals surface area contributed by atoms with Gasteiger partial charge >= 0.3 is 5.97 Å². The minimum atomic E-state index is -0.954. The normalized spacial score (nSPS) is 10.7. The van der Waals surface area contributed by atoms with Crippen molar-refractivity contribution in [1.29, 1.82) is 0 Å². The Kier molecular flexibility index (Phi) is 2.00. The molecule has 0 aliphatic carbocycles. The monoisotopic (exact) mass is 207 g/mol. The number of benzene rings is 1. The molecule has 0 aliphatic heterocycles. The first-order valence-electron chi connectivity index (χ1n) is 4.20. The van der Waals surface area contributed by atoms with E-state index in [9.17, 15) is 4.79 Å². The van der Waals surface area contributed by atoms with Gasteiger partial charge in [-0.15, -0.1) is 0 Å². The van der Waals surface area contributed by atoms with E-state index < -0.39 is 5.97 Å². The summed E-state index contributed by atoms with van der Waals surface area (Å²) >= 11 is 1.25. The highest BCUT2D eigenvalue weighted by Crippen LogP contribution is 2.28. The van der Waals surface area contributed by atoms with Crippen molar-refractivity contribution in [2.75, 3.05) is 0 Å². The molecule has 72 valence electrons. The van der Waals surface area contributed by atoms with Crippen molar-refractivity contribution >= 4 is 27.6 Å². The van der Waals surface area contributed by atoms with Gasteiger partial charge in [0.15, 0.2) is 5.69 Å². The Hall–Kier alpha value is -1.42. The zero-order chi connectivity index (χ0) is 10.3. The van der Waals surface area contributed by atoms with Crippen molar-refractivity contribution in [3.05, 3.63) is 29.0 Å². The van der Waals surface area contributed by atoms with Gasteiger partial charge in [-0.3, -0.25) is 0 Å². The van der Waals surface area contributed by atoms with Gasteiger partial charge in [0.05, 0.1) is 4.70 Å². The molecule has 0 saturated heterocycles. The molecule has 0 atom stereocenters. The summed E-state index contributed by atoms with van der Waals surface area (Å²) in [4.78, 5) is 10.9. The summed E-state index contributed by atoms with van der Waals surface area (Å²) < 4.78 is 4.93. The van der Waals surface area contributed by atoms with Crippen LogP contribution >= 0.6 is 11.5 Å². The average molecular weight is 207 g/mol. The molecule has 2 aromatic rings. The Bertz CT molecular complexity index is 516. The number of hydrogen-bond acceptors (Lipinski definition) is 3. The van der Waals surface area contributed by atoms with Gasteiger partial charge < -0.3 is 5.11 Å². The maximum absolute atomic E-state index is 10.9. The fourth-order valence-corrected chi connectivity index (χ4v) is 2.39. The summed E-state index contributed by atoms with van der Waals surface area (Å²) in [5.74, 6) is -0.954. The molecule has 3 nitrogen and oxygen atoms in total. The van der Waals surface area contributed by atoms with Crippen molar-refractivity contribution in [3.8, 4) is 0 Å². The van der Waals surface area contributed by atoms with Crippen molar-refractivity contribution in [3.63, 3.8) is 0 Å². The van der Waals surface area contributed by atoms with Crippen LogP contribution in [-0.4, -0.2) is 15.4 Å². The summed E-state index contributed by atoms with van der Waals surface area (Å²) in [6, 6.07) is 3.92. The van der Waals surface area contributed by atoms with E-state index in [0.29, 0.717) is 0 Å². The molecule has 0 saturated carbocycles. The minimum Gasteiger partial charge on any atom is -0.476 e. The lowest BCUT2D eigenvalue weighted by Gasteiger charge is -1.99. The third-order valence-corrected chi connectivity index (χ3v) is 3.21. The van der Waals surface area contributed by atoms with E-state index >= 15 is 0 Å². The third kappa shape index (κ3) is 1.19. The van der Waals surface area contributed by atoms with Gasteiger partial charge in [-0.25, -0.2) is 4.79 Å². The molecule has 0 unspecified atom stereocenters. The van der Waals surface area contributed by atoms with Crippen LogP contribution in [0.2, 0.25) is 0 Å². The van der Waals surface area contributed by atoms with Gasteiger partial charge in [0.25, 0.3) is 0 Å². The second-order valence-electron chi connectivity index (χ2n) is 3.24. The highest BCUT2D eigenvalue weighted by atomic mass is 32.1. The van der Waals surface area contributed by atoms with Crippen molar-refractivity contribution in [2.24, 2.45) is 0 Å². The number of aromatic carboxylic acids is 1. The first-order valence-corrected chi connectivity index (χ1v) is 4.97. The van der Waals surface area contributed by atoms with Gasteiger partial charge in [0.1, 0.15) is 0 Å². The Morgan fingerprint density at radius 1 is 1.36 bits per heavy atom. The first kappa shape index (κ1) is 9.15. The van der Waals surface area contributed by atoms with Crippen LogP contribution in [0, 0.1) is 13.8 Å². The van der Waals surface area contributed by atoms with E-state index in [0.717, 1.165) is 21.2 Å². The van der Waals surface area contributed by atoms with Gasteiger partial charge in [0.2, 0.25) is 0 Å². The molecule has 0 radical (unpaired) electrons. The van der Waals surface area contributed by atoms with E-state index in [1.807, 2.05) is 26.0 Å². The van der Waals surface area contributed by atoms with Gasteiger partial charge in [-0.1, -0.05) is 12.1 Å². The van der Waals surface area contributed by atoms with Crippen LogP contribution in [0.4, 0.5) is 0 Å². The van der Waals surface area contributed by atoms with Crippen molar-refractivity contribution in [2.45, 2.75) is 13.8 Å². The second kappa shape index (κ2) is 3.06. The van der Waals surface area contributed by atoms with Crippen LogP contribution in [-0.2, 0) is 0 Å². The van der Waals surface area contributed by atoms with Gasteiger partial charge in [-0.05, 0) is 36.5 Å². The highest BCUT2D eigenvalue weighted by Gasteiger charge is 2.15. The van der Waals surface area contributed by atoms with Crippen molar-refractivity contribution in [1.82, 2.24) is 4.37 Å². The summed E-state index contributed by atoms with van der Waals surface area (Å²) in [5, 5.41) is 9.71. The number of aryl methyl sites for hydroxylation is 2. The smallest absolute Gasteiger partial charge is 0.356 e. The zero-order valence-electron chi connectivity index (χ0n) is 7.87. The van der Waals surface area contributed by atoms with E-state index in [4.69, 9.17) is 5.11 Å². The lowest BCUT2D eigenvalue weighted by atomic mass is 10.1. The Morgan fingerprint density at radius 2 is 2.00 bits per heavy atom. The molecular weight excluding hydrogens is 198 g/mol. The van der Waals surface area contributed by atoms with Crippen molar-refractivity contribution < 1.29 is 9.90 Å². The molecule has 14 heavy (non-hydrogen) atoms. The summed E-state index contributed by atoms with van der Waals surface area (Å²) in [6.07, 6.45) is 0. The van der Waals surface area contributed by atoms with Gasteiger partial charge in [0, 0.05) is 5.39 Å². The Labute approximate surface area is 85.2 Å². The zero-order valence-corrected chi connectivity index (χ0v) is 8.68. The quantitative estimate of drug-likeness (QED) is 0.782. The van der Waals surface area contributed by atoms with E-state index in [-0.39, 0.29) is 5.69 Å². The summed E-state index contributed by atoms with van der Waals surface area (Å²) in [7, 11) is 0. The fourth-order valence-electron chi connectivity index (χ4n) is 1.48. The fraction of sp³-hybridized carbons (Fsp3) is 0.200. The van der Waals surface area contributed by atoms with Crippen LogP contribution in [0.3, 0.4) is 0 Å². The van der Waals surface area contributed by atoms with Crippen LogP contribution in [0.25, 0.3) is 10.1 Å². The standard InChI is InChI=1S/C10H9NO2S/c1-5-3-4-6(2)9-7(5)8(10(12)13)11-14-9/h3-4H,1-2H3,(H,12,13). The number of aromatic nitrogens is 1. The molecule has 0 fully saturated rings. The molecule has 1 heterocycles. The van der Waals surface area contributed by atoms with Gasteiger partial charge in [-0.2, -0.15) is 4.37 Å². The molecule has 0 bridgehead atoms. The first-order chi connectivity index (χ1) is 6.61. The Balaban J connectivity index is 2.90. The van der Waals surface area contributed by atoms with E-state index in [1.165, 1.54) is 11.5 Å². The highest BCUT2D eigenvalue weighted by molar-refractivity contribution is 7.13. The number of carbonyl (C=O) groups is 1. The molecule has 4 heteroatoms. The second-order valence-corrected chi connectivity index (χ2v) is 4.01. The van der Waals surface area contributed by atoms with Crippen LogP contribution in [0.15, 0.2) is 12.1 Å². The number of nitrogens with zero attached hydrogens (tertiary/aromatic N) is 1. The summed E-state index contributed by atoms with van der Waals surface area (Å²) in [6.45, 7) is 3.87. The minimum absolute atomic E-state index is 0.172. The maximum Gasteiger partial charge on any atom is 0.356 e. The summed E-state index contributed by atoms with van der Waals surface area (Å²) in [5.41, 5.74) is 2.22. The number of carboxylic acids is 1. The Morgan fingerprint density at radius 3 is 2.64 bits per heavy atom.